The Hall–Kier alpha value is -2.38. The average molecular weight is 280 g/mol. The Labute approximate surface area is 114 Å². The molecule has 0 amide bonds. The van der Waals surface area contributed by atoms with Crippen LogP contribution in [0.1, 0.15) is 17.9 Å². The maximum Gasteiger partial charge on any atom is 0.280 e. The summed E-state index contributed by atoms with van der Waals surface area (Å²) in [6.45, 7) is 0.213. The van der Waals surface area contributed by atoms with Crippen molar-refractivity contribution in [1.82, 2.24) is 19.9 Å². The topological polar surface area (TPSA) is 66.8 Å². The van der Waals surface area contributed by atoms with Crippen LogP contribution in [-0.4, -0.2) is 34.0 Å². The van der Waals surface area contributed by atoms with Crippen LogP contribution in [0.15, 0.2) is 24.7 Å². The van der Waals surface area contributed by atoms with Crippen molar-refractivity contribution in [1.29, 1.82) is 0 Å². The van der Waals surface area contributed by atoms with Crippen LogP contribution in [0.25, 0.3) is 0 Å². The molecule has 0 aliphatic carbocycles. The molecular weight excluding hydrogens is 266 g/mol. The molecule has 6 nitrogen and oxygen atoms in total. The van der Waals surface area contributed by atoms with E-state index in [-0.39, 0.29) is 18.1 Å². The van der Waals surface area contributed by atoms with Gasteiger partial charge in [0.2, 0.25) is 0 Å². The lowest BCUT2D eigenvalue weighted by molar-refractivity contribution is 0.145. The fraction of sp³-hybridized carbons (Fsp3) is 0.333. The third-order valence-electron chi connectivity index (χ3n) is 2.49. The number of hydrogen-bond acceptors (Lipinski definition) is 6. The summed E-state index contributed by atoms with van der Waals surface area (Å²) >= 11 is 0. The molecule has 0 unspecified atom stereocenters. The molecule has 0 saturated heterocycles. The molecule has 1 N–H and O–H groups in total. The third-order valence-corrected chi connectivity index (χ3v) is 2.49. The second-order valence-electron chi connectivity index (χ2n) is 4.21. The van der Waals surface area contributed by atoms with Gasteiger partial charge in [0.1, 0.15) is 29.5 Å². The van der Waals surface area contributed by atoms with Crippen molar-refractivity contribution in [2.75, 3.05) is 24.3 Å². The van der Waals surface area contributed by atoms with Crippen LogP contribution in [0.3, 0.4) is 0 Å². The monoisotopic (exact) mass is 280 g/mol. The first kappa shape index (κ1) is 14.0. The molecule has 2 aromatic rings. The summed E-state index contributed by atoms with van der Waals surface area (Å²) in [5, 5.41) is 2.97. The summed E-state index contributed by atoms with van der Waals surface area (Å²) in [6.07, 6.45) is 0.140. The Morgan fingerprint density at radius 1 is 1.25 bits per heavy atom. The molecule has 0 aliphatic heterocycles. The number of alkyl halides is 2. The minimum atomic E-state index is -2.60. The van der Waals surface area contributed by atoms with E-state index in [4.69, 9.17) is 0 Å². The van der Waals surface area contributed by atoms with Gasteiger partial charge in [-0.2, -0.15) is 0 Å². The highest BCUT2D eigenvalue weighted by molar-refractivity contribution is 5.47. The molecule has 0 fully saturated rings. The molecule has 8 heteroatoms. The Morgan fingerprint density at radius 2 is 2.05 bits per heavy atom. The smallest absolute Gasteiger partial charge is 0.280 e. The van der Waals surface area contributed by atoms with E-state index in [2.05, 4.69) is 25.3 Å². The Kier molecular flexibility index (Phi) is 4.34. The minimum absolute atomic E-state index is 0.213. The molecule has 0 bridgehead atoms. The standard InChI is InChI=1S/C12H14F2N6/c1-20(2)11-5-9(17-7-18-11)16-6-10-15-4-3-8(19-10)12(13)14/h3-5,7,12H,6H2,1-2H3,(H,16,17,18). The normalized spacial score (nSPS) is 10.7. The van der Waals surface area contributed by atoms with Gasteiger partial charge in [-0.1, -0.05) is 0 Å². The summed E-state index contributed by atoms with van der Waals surface area (Å²) in [4.78, 5) is 17.7. The van der Waals surface area contributed by atoms with Crippen molar-refractivity contribution >= 4 is 11.6 Å². The van der Waals surface area contributed by atoms with Gasteiger partial charge in [0.15, 0.2) is 0 Å². The predicted octanol–water partition coefficient (Wildman–Crippen LogP) is 1.88. The van der Waals surface area contributed by atoms with E-state index in [1.165, 1.54) is 18.6 Å². The van der Waals surface area contributed by atoms with E-state index in [0.717, 1.165) is 5.82 Å². The molecule has 106 valence electrons. The van der Waals surface area contributed by atoms with E-state index in [1.54, 1.807) is 6.07 Å². The zero-order valence-corrected chi connectivity index (χ0v) is 11.1. The molecule has 2 heterocycles. The predicted molar refractivity (Wildman–Crippen MR) is 70.7 cm³/mol. The molecule has 20 heavy (non-hydrogen) atoms. The average Bonchev–Trinajstić information content (AvgIpc) is 2.45. The van der Waals surface area contributed by atoms with Gasteiger partial charge in [0.05, 0.1) is 6.54 Å². The Morgan fingerprint density at radius 3 is 2.75 bits per heavy atom. The zero-order valence-electron chi connectivity index (χ0n) is 11.1. The molecule has 2 rings (SSSR count). The van der Waals surface area contributed by atoms with Crippen molar-refractivity contribution < 1.29 is 8.78 Å². The lowest BCUT2D eigenvalue weighted by atomic mass is 10.4. The molecule has 2 aromatic heterocycles. The highest BCUT2D eigenvalue weighted by Gasteiger charge is 2.09. The molecular formula is C12H14F2N6. The lowest BCUT2D eigenvalue weighted by Crippen LogP contribution is -2.12. The van der Waals surface area contributed by atoms with Crippen LogP contribution in [-0.2, 0) is 6.54 Å². The summed E-state index contributed by atoms with van der Waals surface area (Å²) < 4.78 is 25.0. The van der Waals surface area contributed by atoms with Crippen molar-refractivity contribution in [2.24, 2.45) is 0 Å². The van der Waals surface area contributed by atoms with E-state index in [1.807, 2.05) is 19.0 Å². The summed E-state index contributed by atoms with van der Waals surface area (Å²) in [7, 11) is 3.72. The largest absolute Gasteiger partial charge is 0.363 e. The van der Waals surface area contributed by atoms with Gasteiger partial charge < -0.3 is 10.2 Å². The summed E-state index contributed by atoms with van der Waals surface area (Å²) in [5.41, 5.74) is -0.284. The fourth-order valence-electron chi connectivity index (χ4n) is 1.48. The SMILES string of the molecule is CN(C)c1cc(NCc2nccc(C(F)F)n2)ncn1. The van der Waals surface area contributed by atoms with Crippen molar-refractivity contribution in [3.8, 4) is 0 Å². The van der Waals surface area contributed by atoms with Gasteiger partial charge in [-0.25, -0.2) is 28.7 Å². The Balaban J connectivity index is 2.05. The molecule has 0 spiro atoms. The van der Waals surface area contributed by atoms with E-state index < -0.39 is 6.43 Å². The van der Waals surface area contributed by atoms with Gasteiger partial charge in [-0.15, -0.1) is 0 Å². The quantitative estimate of drug-likeness (QED) is 0.902. The first-order valence-corrected chi connectivity index (χ1v) is 5.89. The zero-order chi connectivity index (χ0) is 14.5. The van der Waals surface area contributed by atoms with E-state index >= 15 is 0 Å². The maximum atomic E-state index is 12.5. The number of anilines is 2. The van der Waals surface area contributed by atoms with Gasteiger partial charge in [-0.3, -0.25) is 0 Å². The van der Waals surface area contributed by atoms with Gasteiger partial charge in [0.25, 0.3) is 6.43 Å². The molecule has 0 saturated carbocycles. The number of halogens is 2. The van der Waals surface area contributed by atoms with Crippen LogP contribution in [0.4, 0.5) is 20.4 Å². The van der Waals surface area contributed by atoms with Crippen molar-refractivity contribution in [2.45, 2.75) is 13.0 Å². The molecule has 0 radical (unpaired) electrons. The van der Waals surface area contributed by atoms with Gasteiger partial charge >= 0.3 is 0 Å². The van der Waals surface area contributed by atoms with Gasteiger partial charge in [0, 0.05) is 26.4 Å². The first-order valence-electron chi connectivity index (χ1n) is 5.89. The summed E-state index contributed by atoms with van der Waals surface area (Å²) in [5.74, 6) is 1.60. The van der Waals surface area contributed by atoms with E-state index in [0.29, 0.717) is 5.82 Å². The second kappa shape index (κ2) is 6.18. The van der Waals surface area contributed by atoms with Crippen molar-refractivity contribution in [3.63, 3.8) is 0 Å². The molecule has 0 aromatic carbocycles. The molecule has 0 atom stereocenters. The van der Waals surface area contributed by atoms with Crippen LogP contribution in [0.2, 0.25) is 0 Å². The number of hydrogen-bond donors (Lipinski definition) is 1. The van der Waals surface area contributed by atoms with Gasteiger partial charge in [-0.05, 0) is 6.07 Å². The first-order chi connectivity index (χ1) is 9.56. The fourth-order valence-corrected chi connectivity index (χ4v) is 1.48. The number of nitrogens with zero attached hydrogens (tertiary/aromatic N) is 5. The van der Waals surface area contributed by atoms with E-state index in [9.17, 15) is 8.78 Å². The lowest BCUT2D eigenvalue weighted by Gasteiger charge is -2.12. The maximum absolute atomic E-state index is 12.5. The number of aromatic nitrogens is 4. The highest BCUT2D eigenvalue weighted by Crippen LogP contribution is 2.16. The van der Waals surface area contributed by atoms with Crippen LogP contribution < -0.4 is 10.2 Å². The summed E-state index contributed by atoms with van der Waals surface area (Å²) in [6, 6.07) is 2.94. The number of nitrogens with one attached hydrogen (secondary N) is 1. The molecule has 0 aliphatic rings. The highest BCUT2D eigenvalue weighted by atomic mass is 19.3. The third kappa shape index (κ3) is 3.56. The van der Waals surface area contributed by atoms with Crippen LogP contribution >= 0.6 is 0 Å². The Bertz CT molecular complexity index is 524. The van der Waals surface area contributed by atoms with Crippen molar-refractivity contribution in [3.05, 3.63) is 36.2 Å². The second-order valence-corrected chi connectivity index (χ2v) is 4.21. The van der Waals surface area contributed by atoms with Crippen LogP contribution in [0.5, 0.6) is 0 Å². The minimum Gasteiger partial charge on any atom is -0.363 e. The van der Waals surface area contributed by atoms with Crippen LogP contribution in [0, 0.1) is 0 Å². The number of rotatable bonds is 5.